The summed E-state index contributed by atoms with van der Waals surface area (Å²) in [7, 11) is -0.475. The summed E-state index contributed by atoms with van der Waals surface area (Å²) >= 11 is 0. The Labute approximate surface area is 160 Å². The van der Waals surface area contributed by atoms with E-state index in [9.17, 15) is 18.0 Å². The number of fused-ring (bicyclic) bond motifs is 1. The molecule has 0 spiro atoms. The van der Waals surface area contributed by atoms with Crippen LogP contribution in [0.4, 0.5) is 4.79 Å². The molecule has 2 heterocycles. The van der Waals surface area contributed by atoms with Crippen LogP contribution in [0.15, 0.2) is 0 Å². The smallest absolute Gasteiger partial charge is 0.315 e. The molecule has 0 aromatic carbocycles. The van der Waals surface area contributed by atoms with Crippen molar-refractivity contribution in [3.63, 3.8) is 0 Å². The summed E-state index contributed by atoms with van der Waals surface area (Å²) in [6.07, 6.45) is 1.58. The van der Waals surface area contributed by atoms with E-state index in [2.05, 4.69) is 10.6 Å². The summed E-state index contributed by atoms with van der Waals surface area (Å²) < 4.78 is 35.7. The van der Waals surface area contributed by atoms with Crippen LogP contribution in [0.5, 0.6) is 0 Å². The highest BCUT2D eigenvalue weighted by Gasteiger charge is 2.45. The second-order valence-corrected chi connectivity index (χ2v) is 8.78. The Morgan fingerprint density at radius 1 is 1.22 bits per heavy atom. The van der Waals surface area contributed by atoms with Gasteiger partial charge in [-0.2, -0.15) is 0 Å². The standard InChI is InChI=1S/C16H30N4O6S/c1-25-8-3-5-17-16(22)18-13-11-14-15(21)20(6-4-9-26-2)27(23,24)10-7-19(14)12-13/h13-14H,3-12H2,1-2H3,(H2,17,18,22)/t13-,14-/m0/s1. The number of hydrogen-bond acceptors (Lipinski definition) is 7. The van der Waals surface area contributed by atoms with Crippen LogP contribution >= 0.6 is 0 Å². The molecular formula is C16H30N4O6S. The molecule has 27 heavy (non-hydrogen) atoms. The van der Waals surface area contributed by atoms with Gasteiger partial charge in [0, 0.05) is 59.7 Å². The maximum atomic E-state index is 12.8. The Balaban J connectivity index is 1.92. The van der Waals surface area contributed by atoms with Gasteiger partial charge in [-0.1, -0.05) is 0 Å². The molecule has 0 aromatic rings. The number of hydrogen-bond donors (Lipinski definition) is 2. The van der Waals surface area contributed by atoms with Gasteiger partial charge in [-0.05, 0) is 19.3 Å². The summed E-state index contributed by atoms with van der Waals surface area (Å²) in [6.45, 7) is 2.33. The van der Waals surface area contributed by atoms with Crippen LogP contribution in [0.2, 0.25) is 0 Å². The van der Waals surface area contributed by atoms with Crippen molar-refractivity contribution in [3.8, 4) is 0 Å². The van der Waals surface area contributed by atoms with Crippen LogP contribution in [-0.4, -0.2) is 101 Å². The van der Waals surface area contributed by atoms with E-state index in [0.717, 1.165) is 10.7 Å². The SMILES string of the molecule is COCCCNC(=O)N[C@H]1C[C@H]2C(=O)N(CCCOC)S(=O)(=O)CCN2C1. The maximum absolute atomic E-state index is 12.8. The second-order valence-electron chi connectivity index (χ2n) is 6.76. The lowest BCUT2D eigenvalue weighted by Crippen LogP contribution is -2.45. The molecule has 0 radical (unpaired) electrons. The minimum Gasteiger partial charge on any atom is -0.385 e. The molecule has 2 N–H and O–H groups in total. The Hall–Kier alpha value is -1.43. The molecule has 2 saturated heterocycles. The lowest BCUT2D eigenvalue weighted by Gasteiger charge is -2.23. The van der Waals surface area contributed by atoms with Crippen molar-refractivity contribution in [2.24, 2.45) is 0 Å². The molecule has 11 heteroatoms. The number of carbonyl (C=O) groups excluding carboxylic acids is 2. The molecule has 2 rings (SSSR count). The first-order chi connectivity index (χ1) is 12.9. The molecule has 2 atom stereocenters. The molecule has 2 aliphatic rings. The lowest BCUT2D eigenvalue weighted by molar-refractivity contribution is -0.130. The number of urea groups is 1. The number of amides is 3. The van der Waals surface area contributed by atoms with Gasteiger partial charge in [0.25, 0.3) is 5.91 Å². The minimum absolute atomic E-state index is 0.0991. The summed E-state index contributed by atoms with van der Waals surface area (Å²) in [4.78, 5) is 26.7. The van der Waals surface area contributed by atoms with Gasteiger partial charge in [0.15, 0.2) is 0 Å². The highest BCUT2D eigenvalue weighted by molar-refractivity contribution is 7.89. The third kappa shape index (κ3) is 6.03. The maximum Gasteiger partial charge on any atom is 0.315 e. The van der Waals surface area contributed by atoms with E-state index in [-0.39, 0.29) is 30.9 Å². The van der Waals surface area contributed by atoms with Crippen LogP contribution in [0.1, 0.15) is 19.3 Å². The van der Waals surface area contributed by atoms with E-state index < -0.39 is 22.0 Å². The molecule has 2 aliphatic heterocycles. The van der Waals surface area contributed by atoms with Crippen molar-refractivity contribution in [2.45, 2.75) is 31.3 Å². The molecule has 0 aliphatic carbocycles. The Morgan fingerprint density at radius 3 is 2.63 bits per heavy atom. The first-order valence-electron chi connectivity index (χ1n) is 9.19. The number of ether oxygens (including phenoxy) is 2. The van der Waals surface area contributed by atoms with Gasteiger partial charge < -0.3 is 20.1 Å². The van der Waals surface area contributed by atoms with Crippen molar-refractivity contribution in [2.75, 3.05) is 59.4 Å². The van der Waals surface area contributed by atoms with E-state index in [1.165, 1.54) is 7.11 Å². The molecule has 0 saturated carbocycles. The number of rotatable bonds is 9. The molecule has 0 aromatic heterocycles. The third-order valence-corrected chi connectivity index (χ3v) is 6.49. The fourth-order valence-corrected chi connectivity index (χ4v) is 4.90. The molecule has 0 bridgehead atoms. The zero-order chi connectivity index (χ0) is 19.9. The van der Waals surface area contributed by atoms with Gasteiger partial charge in [-0.25, -0.2) is 17.5 Å². The Morgan fingerprint density at radius 2 is 1.93 bits per heavy atom. The highest BCUT2D eigenvalue weighted by atomic mass is 32.2. The fraction of sp³-hybridized carbons (Fsp3) is 0.875. The van der Waals surface area contributed by atoms with Crippen LogP contribution < -0.4 is 10.6 Å². The van der Waals surface area contributed by atoms with Gasteiger partial charge in [-0.15, -0.1) is 0 Å². The molecule has 0 unspecified atom stereocenters. The van der Waals surface area contributed by atoms with Crippen molar-refractivity contribution in [1.29, 1.82) is 0 Å². The van der Waals surface area contributed by atoms with Gasteiger partial charge in [-0.3, -0.25) is 9.69 Å². The zero-order valence-electron chi connectivity index (χ0n) is 16.0. The number of carbonyl (C=O) groups is 2. The van der Waals surface area contributed by atoms with Crippen molar-refractivity contribution < 1.29 is 27.5 Å². The normalized spacial score (nSPS) is 25.1. The topological polar surface area (TPSA) is 117 Å². The quantitative estimate of drug-likeness (QED) is 0.470. The number of nitrogens with zero attached hydrogens (tertiary/aromatic N) is 2. The summed E-state index contributed by atoms with van der Waals surface area (Å²) in [5.41, 5.74) is 0. The van der Waals surface area contributed by atoms with E-state index in [4.69, 9.17) is 9.47 Å². The van der Waals surface area contributed by atoms with Gasteiger partial charge in [0.05, 0.1) is 11.8 Å². The van der Waals surface area contributed by atoms with Crippen molar-refractivity contribution >= 4 is 22.0 Å². The van der Waals surface area contributed by atoms with Gasteiger partial charge in [0.1, 0.15) is 0 Å². The summed E-state index contributed by atoms with van der Waals surface area (Å²) in [6, 6.07) is -1.00. The molecule has 156 valence electrons. The second kappa shape index (κ2) is 10.2. The predicted molar refractivity (Wildman–Crippen MR) is 98.8 cm³/mol. The lowest BCUT2D eigenvalue weighted by atomic mass is 10.1. The number of methoxy groups -OCH3 is 2. The minimum atomic E-state index is -3.61. The largest absolute Gasteiger partial charge is 0.385 e. The first kappa shape index (κ1) is 21.9. The highest BCUT2D eigenvalue weighted by Crippen LogP contribution is 2.24. The molecule has 2 fully saturated rings. The molecule has 10 nitrogen and oxygen atoms in total. The van der Waals surface area contributed by atoms with Crippen LogP contribution in [-0.2, 0) is 24.3 Å². The zero-order valence-corrected chi connectivity index (χ0v) is 16.8. The van der Waals surface area contributed by atoms with Gasteiger partial charge in [0.2, 0.25) is 10.0 Å². The third-order valence-electron chi connectivity index (χ3n) is 4.76. The number of nitrogens with one attached hydrogen (secondary N) is 2. The fourth-order valence-electron chi connectivity index (χ4n) is 3.41. The predicted octanol–water partition coefficient (Wildman–Crippen LogP) is -1.03. The van der Waals surface area contributed by atoms with E-state index >= 15 is 0 Å². The van der Waals surface area contributed by atoms with Crippen LogP contribution in [0, 0.1) is 0 Å². The average Bonchev–Trinajstić information content (AvgIpc) is 2.99. The van der Waals surface area contributed by atoms with E-state index in [0.29, 0.717) is 39.1 Å². The Kier molecular flexibility index (Phi) is 8.27. The van der Waals surface area contributed by atoms with Crippen LogP contribution in [0.3, 0.4) is 0 Å². The molecule has 3 amide bonds. The monoisotopic (exact) mass is 406 g/mol. The summed E-state index contributed by atoms with van der Waals surface area (Å²) in [5, 5.41) is 5.62. The summed E-state index contributed by atoms with van der Waals surface area (Å²) in [5.74, 6) is -0.508. The van der Waals surface area contributed by atoms with Crippen molar-refractivity contribution in [3.05, 3.63) is 0 Å². The Bertz CT molecular complexity index is 614. The van der Waals surface area contributed by atoms with Crippen molar-refractivity contribution in [1.82, 2.24) is 19.8 Å². The average molecular weight is 407 g/mol. The number of sulfonamides is 1. The van der Waals surface area contributed by atoms with Crippen LogP contribution in [0.25, 0.3) is 0 Å². The van der Waals surface area contributed by atoms with E-state index in [1.807, 2.05) is 4.90 Å². The molecular weight excluding hydrogens is 376 g/mol. The first-order valence-corrected chi connectivity index (χ1v) is 10.8. The van der Waals surface area contributed by atoms with Gasteiger partial charge >= 0.3 is 6.03 Å². The van der Waals surface area contributed by atoms with E-state index in [1.54, 1.807) is 7.11 Å².